The van der Waals surface area contributed by atoms with E-state index in [9.17, 15) is 4.79 Å². The van der Waals surface area contributed by atoms with Crippen molar-refractivity contribution in [1.82, 2.24) is 10.2 Å². The second-order valence-electron chi connectivity index (χ2n) is 6.47. The Morgan fingerprint density at radius 3 is 2.52 bits per heavy atom. The van der Waals surface area contributed by atoms with Crippen LogP contribution in [0, 0.1) is 0 Å². The summed E-state index contributed by atoms with van der Waals surface area (Å²) >= 11 is 0. The van der Waals surface area contributed by atoms with Gasteiger partial charge >= 0.3 is 0 Å². The van der Waals surface area contributed by atoms with Crippen molar-refractivity contribution in [1.29, 1.82) is 0 Å². The van der Waals surface area contributed by atoms with Crippen molar-refractivity contribution in [2.75, 3.05) is 19.9 Å². The number of carbonyl (C=O) groups excluding carboxylic acids is 1. The summed E-state index contributed by atoms with van der Waals surface area (Å²) in [6, 6.07) is 5.70. The first-order valence-corrected chi connectivity index (χ1v) is 8.59. The van der Waals surface area contributed by atoms with Gasteiger partial charge in [0.2, 0.25) is 12.7 Å². The fourth-order valence-corrected chi connectivity index (χ4v) is 3.25. The van der Waals surface area contributed by atoms with Gasteiger partial charge in [-0.05, 0) is 57.5 Å². The summed E-state index contributed by atoms with van der Waals surface area (Å²) in [5, 5.41) is 3.13. The number of nitrogens with zero attached hydrogens (tertiary/aromatic N) is 1. The summed E-state index contributed by atoms with van der Waals surface area (Å²) < 4.78 is 10.7. The highest BCUT2D eigenvalue weighted by atomic mass is 16.7. The smallest absolute Gasteiger partial charge is 0.237 e. The van der Waals surface area contributed by atoms with Crippen LogP contribution < -0.4 is 14.8 Å². The van der Waals surface area contributed by atoms with E-state index in [1.54, 1.807) is 0 Å². The van der Waals surface area contributed by atoms with Crippen LogP contribution >= 0.6 is 0 Å². The van der Waals surface area contributed by atoms with E-state index >= 15 is 0 Å². The van der Waals surface area contributed by atoms with Gasteiger partial charge in [0.1, 0.15) is 0 Å². The van der Waals surface area contributed by atoms with E-state index < -0.39 is 0 Å². The van der Waals surface area contributed by atoms with Crippen molar-refractivity contribution in [2.24, 2.45) is 0 Å². The number of rotatable bonds is 4. The summed E-state index contributed by atoms with van der Waals surface area (Å²) in [5.41, 5.74) is 1.03. The molecule has 5 nitrogen and oxygen atoms in total. The number of hydrogen-bond acceptors (Lipinski definition) is 4. The van der Waals surface area contributed by atoms with Gasteiger partial charge in [-0.15, -0.1) is 0 Å². The van der Waals surface area contributed by atoms with Gasteiger partial charge in [0.25, 0.3) is 0 Å². The second kappa shape index (κ2) is 7.21. The predicted molar refractivity (Wildman–Crippen MR) is 88.6 cm³/mol. The van der Waals surface area contributed by atoms with Crippen molar-refractivity contribution < 1.29 is 14.3 Å². The van der Waals surface area contributed by atoms with Crippen LogP contribution in [0.3, 0.4) is 0 Å². The summed E-state index contributed by atoms with van der Waals surface area (Å²) in [6.45, 7) is 6.32. The van der Waals surface area contributed by atoms with Crippen LogP contribution in [-0.4, -0.2) is 36.7 Å². The molecule has 2 unspecified atom stereocenters. The summed E-state index contributed by atoms with van der Waals surface area (Å²) in [6.07, 6.45) is 4.93. The molecule has 1 aromatic carbocycles. The molecule has 1 N–H and O–H groups in total. The number of nitrogens with one attached hydrogen (secondary N) is 1. The van der Waals surface area contributed by atoms with E-state index in [1.165, 1.54) is 25.7 Å². The quantitative estimate of drug-likeness (QED) is 0.927. The topological polar surface area (TPSA) is 50.8 Å². The highest BCUT2D eigenvalue weighted by Crippen LogP contribution is 2.34. The Morgan fingerprint density at radius 1 is 1.09 bits per heavy atom. The first-order chi connectivity index (χ1) is 11.1. The Bertz CT molecular complexity index is 553. The van der Waals surface area contributed by atoms with Crippen LogP contribution in [0.4, 0.5) is 0 Å². The number of ether oxygens (including phenoxy) is 2. The van der Waals surface area contributed by atoms with Crippen molar-refractivity contribution in [2.45, 2.75) is 51.6 Å². The lowest BCUT2D eigenvalue weighted by molar-refractivity contribution is -0.126. The molecule has 2 heterocycles. The molecule has 5 heteroatoms. The van der Waals surface area contributed by atoms with Gasteiger partial charge in [-0.3, -0.25) is 9.69 Å². The number of likely N-dealkylation sites (tertiary alicyclic amines) is 1. The summed E-state index contributed by atoms with van der Waals surface area (Å²) in [5.74, 6) is 1.62. The van der Waals surface area contributed by atoms with Crippen LogP contribution in [0.5, 0.6) is 11.5 Å². The lowest BCUT2D eigenvalue weighted by atomic mass is 10.1. The average Bonchev–Trinajstić information content (AvgIpc) is 2.86. The molecule has 2 aliphatic heterocycles. The molecular weight excluding hydrogens is 292 g/mol. The van der Waals surface area contributed by atoms with E-state index in [0.717, 1.165) is 30.2 Å². The molecule has 2 atom stereocenters. The maximum atomic E-state index is 12.6. The maximum Gasteiger partial charge on any atom is 0.237 e. The third-order valence-electron chi connectivity index (χ3n) is 4.82. The minimum atomic E-state index is -0.0791. The zero-order valence-electron chi connectivity index (χ0n) is 14.0. The summed E-state index contributed by atoms with van der Waals surface area (Å²) in [4.78, 5) is 14.9. The van der Waals surface area contributed by atoms with Gasteiger partial charge in [0.15, 0.2) is 11.5 Å². The van der Waals surface area contributed by atoms with Crippen molar-refractivity contribution in [3.8, 4) is 11.5 Å². The van der Waals surface area contributed by atoms with Gasteiger partial charge < -0.3 is 14.8 Å². The zero-order chi connectivity index (χ0) is 16.2. The Hall–Kier alpha value is -1.75. The first-order valence-electron chi connectivity index (χ1n) is 8.59. The molecule has 2 aliphatic rings. The molecule has 0 radical (unpaired) electrons. The van der Waals surface area contributed by atoms with Gasteiger partial charge in [-0.2, -0.15) is 0 Å². The van der Waals surface area contributed by atoms with Gasteiger partial charge in [0.05, 0.1) is 12.1 Å². The minimum Gasteiger partial charge on any atom is -0.454 e. The third-order valence-corrected chi connectivity index (χ3v) is 4.82. The fourth-order valence-electron chi connectivity index (χ4n) is 3.25. The predicted octanol–water partition coefficient (Wildman–Crippen LogP) is 2.86. The van der Waals surface area contributed by atoms with Crippen LogP contribution in [-0.2, 0) is 4.79 Å². The number of amides is 1. The van der Waals surface area contributed by atoms with E-state index in [4.69, 9.17) is 9.47 Å². The second-order valence-corrected chi connectivity index (χ2v) is 6.47. The third kappa shape index (κ3) is 3.78. The van der Waals surface area contributed by atoms with E-state index in [-0.39, 0.29) is 24.8 Å². The Balaban J connectivity index is 1.60. The molecular formula is C18H26N2O3. The SMILES string of the molecule is CC(NC(=O)C(C)N1CCCCCC1)c1ccc2c(c1)OCO2. The molecule has 1 amide bonds. The van der Waals surface area contributed by atoms with Crippen LogP contribution in [0.25, 0.3) is 0 Å². The number of carbonyl (C=O) groups is 1. The number of fused-ring (bicyclic) bond motifs is 1. The number of benzene rings is 1. The largest absolute Gasteiger partial charge is 0.454 e. The molecule has 0 aromatic heterocycles. The molecule has 126 valence electrons. The number of hydrogen-bond donors (Lipinski definition) is 1. The highest BCUT2D eigenvalue weighted by molar-refractivity contribution is 5.81. The van der Waals surface area contributed by atoms with Crippen molar-refractivity contribution in [3.63, 3.8) is 0 Å². The van der Waals surface area contributed by atoms with E-state index in [2.05, 4.69) is 10.2 Å². The minimum absolute atomic E-state index is 0.0496. The molecule has 0 spiro atoms. The standard InChI is InChI=1S/C18H26N2O3/c1-13(15-7-8-16-17(11-15)23-12-22-16)19-18(21)14(2)20-9-5-3-4-6-10-20/h7-8,11,13-14H,3-6,9-10,12H2,1-2H3,(H,19,21). The maximum absolute atomic E-state index is 12.6. The Labute approximate surface area is 137 Å². The first kappa shape index (κ1) is 16.1. The molecule has 0 saturated carbocycles. The average molecular weight is 318 g/mol. The molecule has 23 heavy (non-hydrogen) atoms. The van der Waals surface area contributed by atoms with Crippen LogP contribution in [0.2, 0.25) is 0 Å². The van der Waals surface area contributed by atoms with Crippen molar-refractivity contribution in [3.05, 3.63) is 23.8 Å². The molecule has 3 rings (SSSR count). The Morgan fingerprint density at radius 2 is 1.78 bits per heavy atom. The molecule has 0 aliphatic carbocycles. The molecule has 0 bridgehead atoms. The van der Waals surface area contributed by atoms with E-state index in [1.807, 2.05) is 32.0 Å². The molecule has 1 saturated heterocycles. The Kier molecular flexibility index (Phi) is 5.06. The molecule has 1 aromatic rings. The molecule has 1 fully saturated rings. The monoisotopic (exact) mass is 318 g/mol. The van der Waals surface area contributed by atoms with E-state index in [0.29, 0.717) is 0 Å². The normalized spacial score (nSPS) is 20.6. The summed E-state index contributed by atoms with van der Waals surface area (Å²) in [7, 11) is 0. The lowest BCUT2D eigenvalue weighted by Gasteiger charge is -2.28. The highest BCUT2D eigenvalue weighted by Gasteiger charge is 2.24. The van der Waals surface area contributed by atoms with Crippen LogP contribution in [0.15, 0.2) is 18.2 Å². The van der Waals surface area contributed by atoms with Gasteiger partial charge in [0, 0.05) is 0 Å². The van der Waals surface area contributed by atoms with Gasteiger partial charge in [-0.1, -0.05) is 18.9 Å². The van der Waals surface area contributed by atoms with Crippen molar-refractivity contribution >= 4 is 5.91 Å². The van der Waals surface area contributed by atoms with Gasteiger partial charge in [-0.25, -0.2) is 0 Å². The zero-order valence-corrected chi connectivity index (χ0v) is 14.0. The fraction of sp³-hybridized carbons (Fsp3) is 0.611. The van der Waals surface area contributed by atoms with Crippen LogP contribution in [0.1, 0.15) is 51.1 Å². The lowest BCUT2D eigenvalue weighted by Crippen LogP contribution is -2.46.